The van der Waals surface area contributed by atoms with Crippen LogP contribution in [-0.2, 0) is 29.4 Å². The first-order valence-electron chi connectivity index (χ1n) is 9.77. The first-order chi connectivity index (χ1) is 15.0. The second kappa shape index (κ2) is 7.40. The van der Waals surface area contributed by atoms with E-state index in [0.717, 1.165) is 7.11 Å². The van der Waals surface area contributed by atoms with E-state index in [2.05, 4.69) is 11.9 Å². The molecule has 4 atom stereocenters. The fraction of sp³-hybridized carbons (Fsp3) is 0.476. The Morgan fingerprint density at radius 3 is 2.69 bits per heavy atom. The number of rotatable bonds is 4. The summed E-state index contributed by atoms with van der Waals surface area (Å²) >= 11 is 12.5. The molecule has 0 aromatic heterocycles. The van der Waals surface area contributed by atoms with Gasteiger partial charge in [0.25, 0.3) is 11.8 Å². The van der Waals surface area contributed by atoms with Gasteiger partial charge in [-0.15, -0.1) is 0 Å². The minimum absolute atomic E-state index is 0.0742. The molecule has 1 aromatic rings. The van der Waals surface area contributed by atoms with Crippen LogP contribution in [0.15, 0.2) is 24.8 Å². The predicted octanol–water partition coefficient (Wildman–Crippen LogP) is 3.39. The Morgan fingerprint density at radius 1 is 1.38 bits per heavy atom. The minimum Gasteiger partial charge on any atom is -0.469 e. The number of alkyl halides is 2. The van der Waals surface area contributed by atoms with Crippen LogP contribution >= 0.6 is 23.2 Å². The number of hydrogen-bond acceptors (Lipinski definition) is 6. The van der Waals surface area contributed by atoms with Crippen molar-refractivity contribution in [2.24, 2.45) is 11.3 Å². The first-order valence-corrected chi connectivity index (χ1v) is 10.5. The number of nitrogens with one attached hydrogen (secondary N) is 1. The Kier molecular flexibility index (Phi) is 5.30. The number of esters is 2. The second-order valence-corrected chi connectivity index (χ2v) is 9.16. The molecule has 0 saturated carbocycles. The molecule has 1 aromatic carbocycles. The van der Waals surface area contributed by atoms with Gasteiger partial charge in [0, 0.05) is 23.0 Å². The van der Waals surface area contributed by atoms with E-state index in [0.29, 0.717) is 0 Å². The standard InChI is InChI=1S/C21H20Cl2F2N2O5/c1-4-5-32-16(28)14-13-8-20(24,25)9-27(13)21(19(14,2)18(30)31-3)11-6-10(22)7-12(23)15(11)26-17(21)29/h4,6-7,13-14H,1,5,8-9H2,2-3H3,(H,26,29)/t13-,14-,19-,21?/m1/s1. The molecule has 1 amide bonds. The van der Waals surface area contributed by atoms with Crippen molar-refractivity contribution in [3.8, 4) is 0 Å². The zero-order chi connectivity index (χ0) is 23.6. The van der Waals surface area contributed by atoms with Crippen molar-refractivity contribution < 1.29 is 32.6 Å². The third-order valence-electron chi connectivity index (χ3n) is 6.72. The van der Waals surface area contributed by atoms with E-state index < -0.39 is 59.6 Å². The van der Waals surface area contributed by atoms with Crippen molar-refractivity contribution in [1.29, 1.82) is 0 Å². The summed E-state index contributed by atoms with van der Waals surface area (Å²) in [4.78, 5) is 41.3. The zero-order valence-corrected chi connectivity index (χ0v) is 18.7. The van der Waals surface area contributed by atoms with Crippen molar-refractivity contribution in [3.05, 3.63) is 40.4 Å². The lowest BCUT2D eigenvalue weighted by Crippen LogP contribution is -2.60. The average molecular weight is 489 g/mol. The van der Waals surface area contributed by atoms with Crippen LogP contribution in [0.3, 0.4) is 0 Å². The Bertz CT molecular complexity index is 1050. The third kappa shape index (κ3) is 2.77. The van der Waals surface area contributed by atoms with Gasteiger partial charge in [0.05, 0.1) is 30.3 Å². The summed E-state index contributed by atoms with van der Waals surface area (Å²) in [6.45, 7) is 3.79. The molecule has 4 rings (SSSR count). The summed E-state index contributed by atoms with van der Waals surface area (Å²) in [5, 5.41) is 2.82. The molecule has 1 unspecified atom stereocenters. The molecule has 3 aliphatic heterocycles. The van der Waals surface area contributed by atoms with E-state index in [1.165, 1.54) is 30.0 Å². The monoisotopic (exact) mass is 488 g/mol. The number of amides is 1. The summed E-state index contributed by atoms with van der Waals surface area (Å²) in [5.74, 6) is -7.24. The molecular formula is C21H20Cl2F2N2O5. The maximum Gasteiger partial charge on any atom is 0.315 e. The molecule has 32 heavy (non-hydrogen) atoms. The molecule has 2 fully saturated rings. The van der Waals surface area contributed by atoms with Gasteiger partial charge >= 0.3 is 11.9 Å². The molecule has 0 radical (unpaired) electrons. The molecule has 0 aliphatic carbocycles. The number of fused-ring (bicyclic) bond motifs is 4. The van der Waals surface area contributed by atoms with E-state index in [4.69, 9.17) is 32.7 Å². The Morgan fingerprint density at radius 2 is 2.06 bits per heavy atom. The molecule has 1 N–H and O–H groups in total. The van der Waals surface area contributed by atoms with E-state index in [9.17, 15) is 23.2 Å². The van der Waals surface area contributed by atoms with E-state index in [1.807, 2.05) is 0 Å². The second-order valence-electron chi connectivity index (χ2n) is 8.32. The number of carbonyl (C=O) groups is 3. The van der Waals surface area contributed by atoms with Gasteiger partial charge < -0.3 is 14.8 Å². The Balaban J connectivity index is 2.05. The van der Waals surface area contributed by atoms with Crippen molar-refractivity contribution in [3.63, 3.8) is 0 Å². The molecule has 11 heteroatoms. The Labute approximate surface area is 192 Å². The number of anilines is 1. The van der Waals surface area contributed by atoms with Crippen LogP contribution < -0.4 is 5.32 Å². The molecule has 3 aliphatic rings. The van der Waals surface area contributed by atoms with Crippen LogP contribution in [0.25, 0.3) is 0 Å². The van der Waals surface area contributed by atoms with Gasteiger partial charge in [0.2, 0.25) is 0 Å². The van der Waals surface area contributed by atoms with Crippen molar-refractivity contribution in [1.82, 2.24) is 4.90 Å². The van der Waals surface area contributed by atoms with Crippen LogP contribution in [0, 0.1) is 11.3 Å². The number of methoxy groups -OCH3 is 1. The van der Waals surface area contributed by atoms with Crippen LogP contribution in [-0.4, -0.2) is 55.0 Å². The van der Waals surface area contributed by atoms with Gasteiger partial charge in [-0.2, -0.15) is 0 Å². The highest BCUT2D eigenvalue weighted by molar-refractivity contribution is 6.38. The molecule has 0 bridgehead atoms. The molecular weight excluding hydrogens is 469 g/mol. The van der Waals surface area contributed by atoms with Gasteiger partial charge in [0.1, 0.15) is 17.6 Å². The summed E-state index contributed by atoms with van der Waals surface area (Å²) in [5.41, 5.74) is -3.67. The summed E-state index contributed by atoms with van der Waals surface area (Å²) < 4.78 is 39.6. The molecule has 1 spiro atoms. The van der Waals surface area contributed by atoms with E-state index in [1.54, 1.807) is 0 Å². The lowest BCUT2D eigenvalue weighted by molar-refractivity contribution is -0.172. The average Bonchev–Trinajstić information content (AvgIpc) is 3.25. The largest absolute Gasteiger partial charge is 0.469 e. The SMILES string of the molecule is C=CCOC(=O)[C@H]1[C@H]2CC(F)(F)CN2C2(C(=O)Nc3c(Cl)cc(Cl)cc32)[C@@]1(C)C(=O)OC. The topological polar surface area (TPSA) is 84.9 Å². The van der Waals surface area contributed by atoms with Crippen molar-refractivity contribution in [2.75, 3.05) is 25.6 Å². The third-order valence-corrected chi connectivity index (χ3v) is 7.23. The van der Waals surface area contributed by atoms with E-state index >= 15 is 0 Å². The number of carbonyl (C=O) groups excluding carboxylic acids is 3. The number of nitrogens with zero attached hydrogens (tertiary/aromatic N) is 1. The quantitative estimate of drug-likeness (QED) is 0.516. The summed E-state index contributed by atoms with van der Waals surface area (Å²) in [6, 6.07) is 1.60. The minimum atomic E-state index is -3.21. The van der Waals surface area contributed by atoms with Crippen molar-refractivity contribution >= 4 is 46.7 Å². The van der Waals surface area contributed by atoms with Crippen molar-refractivity contribution in [2.45, 2.75) is 30.8 Å². The molecule has 3 heterocycles. The normalized spacial score (nSPS) is 32.4. The lowest BCUT2D eigenvalue weighted by atomic mass is 9.62. The highest BCUT2D eigenvalue weighted by Gasteiger charge is 2.80. The smallest absolute Gasteiger partial charge is 0.315 e. The summed E-state index contributed by atoms with van der Waals surface area (Å²) in [7, 11) is 1.10. The number of hydrogen-bond donors (Lipinski definition) is 1. The van der Waals surface area contributed by atoms with Gasteiger partial charge in [0.15, 0.2) is 0 Å². The fourth-order valence-corrected chi connectivity index (χ4v) is 6.18. The van der Waals surface area contributed by atoms with Gasteiger partial charge in [-0.1, -0.05) is 35.9 Å². The zero-order valence-electron chi connectivity index (χ0n) is 17.2. The van der Waals surface area contributed by atoms with Gasteiger partial charge in [-0.3, -0.25) is 19.3 Å². The Hall–Kier alpha value is -2.23. The number of ether oxygens (including phenoxy) is 2. The van der Waals surface area contributed by atoms with Gasteiger partial charge in [-0.25, -0.2) is 8.78 Å². The highest BCUT2D eigenvalue weighted by Crippen LogP contribution is 2.66. The lowest BCUT2D eigenvalue weighted by Gasteiger charge is -2.42. The van der Waals surface area contributed by atoms with Gasteiger partial charge in [-0.05, 0) is 19.1 Å². The van der Waals surface area contributed by atoms with Crippen LogP contribution in [0.2, 0.25) is 10.0 Å². The fourth-order valence-electron chi connectivity index (χ4n) is 5.64. The van der Waals surface area contributed by atoms with Crippen LogP contribution in [0.5, 0.6) is 0 Å². The maximum absolute atomic E-state index is 14.7. The summed E-state index contributed by atoms with van der Waals surface area (Å²) in [6.07, 6.45) is 0.572. The predicted molar refractivity (Wildman–Crippen MR) is 112 cm³/mol. The highest BCUT2D eigenvalue weighted by atomic mass is 35.5. The maximum atomic E-state index is 14.7. The first kappa shape index (κ1) is 22.9. The van der Waals surface area contributed by atoms with Crippen LogP contribution in [0.1, 0.15) is 18.9 Å². The van der Waals surface area contributed by atoms with E-state index in [-0.39, 0.29) is 27.9 Å². The number of benzene rings is 1. The molecule has 2 saturated heterocycles. The molecule has 172 valence electrons. The number of halogens is 4. The molecule has 7 nitrogen and oxygen atoms in total. The van der Waals surface area contributed by atoms with Crippen LogP contribution in [0.4, 0.5) is 14.5 Å².